The van der Waals surface area contributed by atoms with Gasteiger partial charge < -0.3 is 0 Å². The third-order valence-corrected chi connectivity index (χ3v) is 3.02. The smallest absolute Gasteiger partial charge is 0.0129 e. The first-order valence-corrected chi connectivity index (χ1v) is 6.25. The van der Waals surface area contributed by atoms with Crippen LogP contribution in [-0.2, 0) is 11.8 Å². The summed E-state index contributed by atoms with van der Waals surface area (Å²) >= 11 is 0. The van der Waals surface area contributed by atoms with Gasteiger partial charge in [-0.3, -0.25) is 0 Å². The molecule has 0 heterocycles. The summed E-state index contributed by atoms with van der Waals surface area (Å²) in [6.07, 6.45) is 5.66. The highest BCUT2D eigenvalue weighted by molar-refractivity contribution is 5.55. The molecule has 0 atom stereocenters. The van der Waals surface area contributed by atoms with Crippen LogP contribution in [0.4, 0.5) is 0 Å². The maximum atomic E-state index is 3.92. The number of rotatable bonds is 4. The van der Waals surface area contributed by atoms with Crippen molar-refractivity contribution in [1.82, 2.24) is 0 Å². The van der Waals surface area contributed by atoms with E-state index in [0.717, 1.165) is 0 Å². The predicted molar refractivity (Wildman–Crippen MR) is 73.8 cm³/mol. The normalized spacial score (nSPS) is 11.5. The summed E-state index contributed by atoms with van der Waals surface area (Å²) in [5, 5.41) is 0. The number of benzene rings is 1. The van der Waals surface area contributed by atoms with Crippen LogP contribution in [0.25, 0.3) is 6.08 Å². The topological polar surface area (TPSA) is 0 Å². The monoisotopic (exact) mass is 216 g/mol. The number of hydrogen-bond donors (Lipinski definition) is 0. The van der Waals surface area contributed by atoms with E-state index in [1.54, 1.807) is 0 Å². The number of unbranched alkanes of at least 4 members (excludes halogenated alkanes) is 1. The highest BCUT2D eigenvalue weighted by Crippen LogP contribution is 2.29. The average molecular weight is 216 g/mol. The Labute approximate surface area is 100 Å². The van der Waals surface area contributed by atoms with E-state index in [1.807, 2.05) is 6.08 Å². The molecule has 0 saturated heterocycles. The lowest BCUT2D eigenvalue weighted by atomic mass is 9.81. The Hall–Kier alpha value is -1.04. The summed E-state index contributed by atoms with van der Waals surface area (Å²) in [6.45, 7) is 13.0. The zero-order valence-corrected chi connectivity index (χ0v) is 11.1. The van der Waals surface area contributed by atoms with Crippen molar-refractivity contribution in [2.24, 2.45) is 0 Å². The molecule has 16 heavy (non-hydrogen) atoms. The van der Waals surface area contributed by atoms with Crippen LogP contribution in [0.2, 0.25) is 0 Å². The van der Waals surface area contributed by atoms with Gasteiger partial charge in [0, 0.05) is 0 Å². The molecule has 0 unspecified atom stereocenters. The second-order valence-corrected chi connectivity index (χ2v) is 5.43. The minimum absolute atomic E-state index is 0.224. The second kappa shape index (κ2) is 5.34. The van der Waals surface area contributed by atoms with Crippen molar-refractivity contribution >= 4 is 6.08 Å². The SMILES string of the molecule is C=Cc1cccc(C(C)(C)C)c1CCCC. The van der Waals surface area contributed by atoms with E-state index in [2.05, 4.69) is 52.5 Å². The van der Waals surface area contributed by atoms with Crippen molar-refractivity contribution in [3.8, 4) is 0 Å². The quantitative estimate of drug-likeness (QED) is 0.666. The first kappa shape index (κ1) is 13.0. The molecule has 0 nitrogen and oxygen atoms in total. The summed E-state index contributed by atoms with van der Waals surface area (Å²) in [4.78, 5) is 0. The van der Waals surface area contributed by atoms with Gasteiger partial charge in [-0.05, 0) is 34.9 Å². The number of hydrogen-bond acceptors (Lipinski definition) is 0. The minimum atomic E-state index is 0.224. The molecule has 0 heteroatoms. The van der Waals surface area contributed by atoms with E-state index >= 15 is 0 Å². The molecule has 0 saturated carbocycles. The maximum absolute atomic E-state index is 3.92. The Morgan fingerprint density at radius 3 is 2.44 bits per heavy atom. The molecular formula is C16H24. The molecule has 0 aromatic heterocycles. The predicted octanol–water partition coefficient (Wildman–Crippen LogP) is 4.97. The summed E-state index contributed by atoms with van der Waals surface area (Å²) in [5.74, 6) is 0. The van der Waals surface area contributed by atoms with Crippen LogP contribution >= 0.6 is 0 Å². The van der Waals surface area contributed by atoms with Crippen LogP contribution in [0.15, 0.2) is 24.8 Å². The Kier molecular flexibility index (Phi) is 4.35. The van der Waals surface area contributed by atoms with Crippen LogP contribution in [-0.4, -0.2) is 0 Å². The highest BCUT2D eigenvalue weighted by Gasteiger charge is 2.18. The van der Waals surface area contributed by atoms with E-state index in [4.69, 9.17) is 0 Å². The summed E-state index contributed by atoms with van der Waals surface area (Å²) < 4.78 is 0. The van der Waals surface area contributed by atoms with Crippen molar-refractivity contribution in [3.63, 3.8) is 0 Å². The summed E-state index contributed by atoms with van der Waals surface area (Å²) in [5.41, 5.74) is 4.49. The standard InChI is InChI=1S/C16H24/c1-6-8-11-14-13(7-2)10-9-12-15(14)16(3,4)5/h7,9-10,12H,2,6,8,11H2,1,3-5H3. The van der Waals surface area contributed by atoms with Gasteiger partial charge in [0.05, 0.1) is 0 Å². The molecule has 0 aliphatic carbocycles. The zero-order chi connectivity index (χ0) is 12.2. The van der Waals surface area contributed by atoms with Crippen molar-refractivity contribution in [3.05, 3.63) is 41.5 Å². The third-order valence-electron chi connectivity index (χ3n) is 3.02. The fourth-order valence-corrected chi connectivity index (χ4v) is 2.13. The van der Waals surface area contributed by atoms with Crippen LogP contribution in [0.5, 0.6) is 0 Å². The lowest BCUT2D eigenvalue weighted by molar-refractivity contribution is 0.579. The zero-order valence-electron chi connectivity index (χ0n) is 11.1. The second-order valence-electron chi connectivity index (χ2n) is 5.43. The Morgan fingerprint density at radius 2 is 1.94 bits per heavy atom. The van der Waals surface area contributed by atoms with E-state index < -0.39 is 0 Å². The summed E-state index contributed by atoms with van der Waals surface area (Å²) in [6, 6.07) is 6.58. The van der Waals surface area contributed by atoms with Gasteiger partial charge in [-0.1, -0.05) is 65.0 Å². The third kappa shape index (κ3) is 2.98. The van der Waals surface area contributed by atoms with Crippen molar-refractivity contribution in [2.75, 3.05) is 0 Å². The largest absolute Gasteiger partial charge is 0.0985 e. The van der Waals surface area contributed by atoms with Gasteiger partial charge in [0.2, 0.25) is 0 Å². The highest BCUT2D eigenvalue weighted by atomic mass is 14.2. The molecule has 0 fully saturated rings. The lowest BCUT2D eigenvalue weighted by Crippen LogP contribution is -2.15. The molecule has 0 spiro atoms. The minimum Gasteiger partial charge on any atom is -0.0985 e. The Bertz CT molecular complexity index is 353. The van der Waals surface area contributed by atoms with Gasteiger partial charge in [-0.15, -0.1) is 0 Å². The van der Waals surface area contributed by atoms with Crippen molar-refractivity contribution in [2.45, 2.75) is 52.4 Å². The van der Waals surface area contributed by atoms with Gasteiger partial charge in [-0.25, -0.2) is 0 Å². The van der Waals surface area contributed by atoms with Gasteiger partial charge in [0.15, 0.2) is 0 Å². The molecule has 0 radical (unpaired) electrons. The molecule has 1 rings (SSSR count). The first-order valence-electron chi connectivity index (χ1n) is 6.25. The Balaban J connectivity index is 3.20. The van der Waals surface area contributed by atoms with Crippen LogP contribution < -0.4 is 0 Å². The molecular weight excluding hydrogens is 192 g/mol. The van der Waals surface area contributed by atoms with Gasteiger partial charge in [0.1, 0.15) is 0 Å². The van der Waals surface area contributed by atoms with Gasteiger partial charge >= 0.3 is 0 Å². The van der Waals surface area contributed by atoms with Crippen LogP contribution in [0, 0.1) is 0 Å². The maximum Gasteiger partial charge on any atom is -0.0129 e. The van der Waals surface area contributed by atoms with Crippen molar-refractivity contribution in [1.29, 1.82) is 0 Å². The molecule has 88 valence electrons. The molecule has 0 aliphatic heterocycles. The molecule has 0 amide bonds. The van der Waals surface area contributed by atoms with E-state index in [9.17, 15) is 0 Å². The van der Waals surface area contributed by atoms with Gasteiger partial charge in [-0.2, -0.15) is 0 Å². The fourth-order valence-electron chi connectivity index (χ4n) is 2.13. The molecule has 0 N–H and O–H groups in total. The average Bonchev–Trinajstić information content (AvgIpc) is 2.24. The molecule has 0 bridgehead atoms. The van der Waals surface area contributed by atoms with E-state index in [0.29, 0.717) is 0 Å². The van der Waals surface area contributed by atoms with E-state index in [1.165, 1.54) is 36.0 Å². The van der Waals surface area contributed by atoms with Crippen LogP contribution in [0.1, 0.15) is 57.2 Å². The van der Waals surface area contributed by atoms with Crippen LogP contribution in [0.3, 0.4) is 0 Å². The van der Waals surface area contributed by atoms with Crippen molar-refractivity contribution < 1.29 is 0 Å². The lowest BCUT2D eigenvalue weighted by Gasteiger charge is -2.24. The molecule has 1 aromatic rings. The Morgan fingerprint density at radius 1 is 1.25 bits per heavy atom. The molecule has 0 aliphatic rings. The first-order chi connectivity index (χ1) is 7.50. The fraction of sp³-hybridized carbons (Fsp3) is 0.500. The molecule has 1 aromatic carbocycles. The van der Waals surface area contributed by atoms with E-state index in [-0.39, 0.29) is 5.41 Å². The summed E-state index contributed by atoms with van der Waals surface area (Å²) in [7, 11) is 0. The van der Waals surface area contributed by atoms with Gasteiger partial charge in [0.25, 0.3) is 0 Å².